The Morgan fingerprint density at radius 3 is 2.93 bits per heavy atom. The van der Waals surface area contributed by atoms with Crippen LogP contribution < -0.4 is 0 Å². The van der Waals surface area contributed by atoms with Crippen LogP contribution in [0.1, 0.15) is 12.8 Å². The Morgan fingerprint density at radius 2 is 2.47 bits per heavy atom. The SMILES string of the molecule is COC(=O)C1(/C=C/C#N)CC2C=CC1C2. The molecule has 78 valence electrons. The molecule has 2 aliphatic rings. The molecule has 0 spiro atoms. The molecular weight excluding hydrogens is 190 g/mol. The second kappa shape index (κ2) is 3.54. The fourth-order valence-electron chi connectivity index (χ4n) is 2.76. The van der Waals surface area contributed by atoms with Gasteiger partial charge in [-0.1, -0.05) is 18.2 Å². The third kappa shape index (κ3) is 1.37. The molecule has 3 nitrogen and oxygen atoms in total. The number of esters is 1. The lowest BCUT2D eigenvalue weighted by Crippen LogP contribution is -2.34. The molecule has 2 rings (SSSR count). The number of nitriles is 1. The number of hydrogen-bond donors (Lipinski definition) is 0. The zero-order valence-electron chi connectivity index (χ0n) is 8.64. The van der Waals surface area contributed by atoms with Gasteiger partial charge in [0.15, 0.2) is 0 Å². The van der Waals surface area contributed by atoms with Crippen LogP contribution in [0.3, 0.4) is 0 Å². The molecule has 0 aliphatic heterocycles. The van der Waals surface area contributed by atoms with E-state index in [1.807, 2.05) is 6.07 Å². The van der Waals surface area contributed by atoms with Crippen LogP contribution in [0.15, 0.2) is 24.3 Å². The smallest absolute Gasteiger partial charge is 0.316 e. The van der Waals surface area contributed by atoms with E-state index in [2.05, 4.69) is 12.2 Å². The van der Waals surface area contributed by atoms with Gasteiger partial charge in [-0.05, 0) is 24.7 Å². The Kier molecular flexibility index (Phi) is 2.36. The van der Waals surface area contributed by atoms with Crippen molar-refractivity contribution in [3.8, 4) is 6.07 Å². The van der Waals surface area contributed by atoms with Gasteiger partial charge in [-0.25, -0.2) is 0 Å². The highest BCUT2D eigenvalue weighted by Crippen LogP contribution is 2.53. The van der Waals surface area contributed by atoms with E-state index in [4.69, 9.17) is 10.00 Å². The molecule has 0 aromatic heterocycles. The molecule has 1 fully saturated rings. The Bertz CT molecular complexity index is 378. The molecule has 0 aromatic carbocycles. The number of rotatable bonds is 2. The molecule has 3 unspecified atom stereocenters. The van der Waals surface area contributed by atoms with E-state index in [0.29, 0.717) is 5.92 Å². The van der Waals surface area contributed by atoms with Crippen molar-refractivity contribution in [2.45, 2.75) is 12.8 Å². The summed E-state index contributed by atoms with van der Waals surface area (Å²) in [7, 11) is 1.40. The number of nitrogens with zero attached hydrogens (tertiary/aromatic N) is 1. The molecule has 0 aromatic rings. The first-order valence-electron chi connectivity index (χ1n) is 5.07. The average molecular weight is 203 g/mol. The maximum atomic E-state index is 11.8. The Hall–Kier alpha value is -1.56. The summed E-state index contributed by atoms with van der Waals surface area (Å²) in [5.74, 6) is 0.461. The molecule has 3 atom stereocenters. The van der Waals surface area contributed by atoms with E-state index in [0.717, 1.165) is 12.8 Å². The van der Waals surface area contributed by atoms with E-state index in [-0.39, 0.29) is 11.9 Å². The monoisotopic (exact) mass is 203 g/mol. The van der Waals surface area contributed by atoms with Crippen LogP contribution >= 0.6 is 0 Å². The molecular formula is C12H13NO2. The molecule has 2 bridgehead atoms. The summed E-state index contributed by atoms with van der Waals surface area (Å²) < 4.78 is 4.85. The lowest BCUT2D eigenvalue weighted by atomic mass is 9.75. The predicted octanol–water partition coefficient (Wildman–Crippen LogP) is 1.82. The summed E-state index contributed by atoms with van der Waals surface area (Å²) in [5.41, 5.74) is -0.579. The highest BCUT2D eigenvalue weighted by Gasteiger charge is 2.52. The first-order valence-corrected chi connectivity index (χ1v) is 5.07. The lowest BCUT2D eigenvalue weighted by Gasteiger charge is -2.28. The molecule has 3 heteroatoms. The van der Waals surface area contributed by atoms with Gasteiger partial charge in [0.1, 0.15) is 0 Å². The third-order valence-corrected chi connectivity index (χ3v) is 3.45. The lowest BCUT2D eigenvalue weighted by molar-refractivity contribution is -0.151. The standard InChI is InChI=1S/C12H13NO2/c1-15-11(14)12(5-2-6-13)8-9-3-4-10(12)7-9/h2-5,9-10H,7-8H2,1H3/b5-2+. The Balaban J connectivity index is 2.33. The van der Waals surface area contributed by atoms with Gasteiger partial charge >= 0.3 is 5.97 Å². The van der Waals surface area contributed by atoms with Crippen LogP contribution in [0, 0.1) is 28.6 Å². The number of carbonyl (C=O) groups is 1. The maximum Gasteiger partial charge on any atom is 0.316 e. The van der Waals surface area contributed by atoms with E-state index >= 15 is 0 Å². The molecule has 0 N–H and O–H groups in total. The number of carbonyl (C=O) groups excluding carboxylic acids is 1. The van der Waals surface area contributed by atoms with Crippen LogP contribution in [0.5, 0.6) is 0 Å². The Labute approximate surface area is 89.0 Å². The largest absolute Gasteiger partial charge is 0.468 e. The summed E-state index contributed by atoms with van der Waals surface area (Å²) in [5, 5.41) is 8.56. The van der Waals surface area contributed by atoms with Crippen LogP contribution in [0.2, 0.25) is 0 Å². The van der Waals surface area contributed by atoms with Crippen molar-refractivity contribution in [2.75, 3.05) is 7.11 Å². The highest BCUT2D eigenvalue weighted by molar-refractivity contribution is 5.81. The van der Waals surface area contributed by atoms with Crippen molar-refractivity contribution >= 4 is 5.97 Å². The zero-order valence-corrected chi connectivity index (χ0v) is 8.64. The van der Waals surface area contributed by atoms with Crippen molar-refractivity contribution in [3.05, 3.63) is 24.3 Å². The molecule has 1 saturated carbocycles. The minimum atomic E-state index is -0.579. The van der Waals surface area contributed by atoms with Gasteiger partial charge in [-0.15, -0.1) is 0 Å². The zero-order chi connectivity index (χ0) is 10.9. The van der Waals surface area contributed by atoms with E-state index < -0.39 is 5.41 Å². The minimum Gasteiger partial charge on any atom is -0.468 e. The fraction of sp³-hybridized carbons (Fsp3) is 0.500. The summed E-state index contributed by atoms with van der Waals surface area (Å²) in [6, 6.07) is 1.95. The highest BCUT2D eigenvalue weighted by atomic mass is 16.5. The molecule has 0 heterocycles. The van der Waals surface area contributed by atoms with Crippen LogP contribution in [0.4, 0.5) is 0 Å². The summed E-state index contributed by atoms with van der Waals surface area (Å²) in [6.07, 6.45) is 9.13. The van der Waals surface area contributed by atoms with Gasteiger partial charge in [0.05, 0.1) is 18.6 Å². The topological polar surface area (TPSA) is 50.1 Å². The van der Waals surface area contributed by atoms with Crippen LogP contribution in [-0.4, -0.2) is 13.1 Å². The Morgan fingerprint density at radius 1 is 1.67 bits per heavy atom. The number of allylic oxidation sites excluding steroid dienone is 3. The predicted molar refractivity (Wildman–Crippen MR) is 54.6 cm³/mol. The van der Waals surface area contributed by atoms with Crippen LogP contribution in [-0.2, 0) is 9.53 Å². The van der Waals surface area contributed by atoms with Gasteiger partial charge < -0.3 is 4.74 Å². The van der Waals surface area contributed by atoms with Crippen molar-refractivity contribution in [1.82, 2.24) is 0 Å². The first kappa shape index (κ1) is 9.97. The number of ether oxygens (including phenoxy) is 1. The average Bonchev–Trinajstić information content (AvgIpc) is 2.85. The molecule has 0 saturated heterocycles. The third-order valence-electron chi connectivity index (χ3n) is 3.45. The van der Waals surface area contributed by atoms with Gasteiger partial charge in [-0.3, -0.25) is 4.79 Å². The van der Waals surface area contributed by atoms with E-state index in [9.17, 15) is 4.79 Å². The van der Waals surface area contributed by atoms with Crippen molar-refractivity contribution in [2.24, 2.45) is 17.3 Å². The summed E-state index contributed by atoms with van der Waals surface area (Å²) in [4.78, 5) is 11.8. The minimum absolute atomic E-state index is 0.208. The second-order valence-corrected chi connectivity index (χ2v) is 4.19. The first-order chi connectivity index (χ1) is 7.23. The van der Waals surface area contributed by atoms with Crippen molar-refractivity contribution < 1.29 is 9.53 Å². The number of hydrogen-bond acceptors (Lipinski definition) is 3. The quantitative estimate of drug-likeness (QED) is 0.391. The fourth-order valence-corrected chi connectivity index (χ4v) is 2.76. The van der Waals surface area contributed by atoms with Crippen molar-refractivity contribution in [1.29, 1.82) is 5.26 Å². The second-order valence-electron chi connectivity index (χ2n) is 4.19. The van der Waals surface area contributed by atoms with E-state index in [1.54, 1.807) is 6.08 Å². The van der Waals surface area contributed by atoms with Crippen LogP contribution in [0.25, 0.3) is 0 Å². The normalized spacial score (nSPS) is 37.1. The van der Waals surface area contributed by atoms with Gasteiger partial charge in [0, 0.05) is 6.08 Å². The van der Waals surface area contributed by atoms with Gasteiger partial charge in [-0.2, -0.15) is 5.26 Å². The summed E-state index contributed by atoms with van der Waals surface area (Å²) in [6.45, 7) is 0. The van der Waals surface area contributed by atoms with Gasteiger partial charge in [0.2, 0.25) is 0 Å². The molecule has 0 radical (unpaired) electrons. The molecule has 15 heavy (non-hydrogen) atoms. The molecule has 0 amide bonds. The van der Waals surface area contributed by atoms with E-state index in [1.165, 1.54) is 13.2 Å². The summed E-state index contributed by atoms with van der Waals surface area (Å²) >= 11 is 0. The maximum absolute atomic E-state index is 11.8. The number of fused-ring (bicyclic) bond motifs is 2. The van der Waals surface area contributed by atoms with Crippen molar-refractivity contribution in [3.63, 3.8) is 0 Å². The van der Waals surface area contributed by atoms with Gasteiger partial charge in [0.25, 0.3) is 0 Å². The molecule has 2 aliphatic carbocycles. The number of methoxy groups -OCH3 is 1.